The average Bonchev–Trinajstić information content (AvgIpc) is 2.46. The van der Waals surface area contributed by atoms with E-state index in [0.29, 0.717) is 21.0 Å². The van der Waals surface area contributed by atoms with Crippen LogP contribution < -0.4 is 0 Å². The molecule has 0 bridgehead atoms. The summed E-state index contributed by atoms with van der Waals surface area (Å²) in [5.74, 6) is 0.413. The number of aryl methyl sites for hydroxylation is 1. The van der Waals surface area contributed by atoms with Gasteiger partial charge in [0.2, 0.25) is 9.84 Å². The Morgan fingerprint density at radius 2 is 1.80 bits per heavy atom. The fourth-order valence-electron chi connectivity index (χ4n) is 2.64. The maximum absolute atomic E-state index is 12.7. The molecule has 1 aromatic rings. The maximum atomic E-state index is 12.7. The van der Waals surface area contributed by atoms with Crippen molar-refractivity contribution in [2.24, 2.45) is 5.92 Å². The first-order valence-corrected chi connectivity index (χ1v) is 9.73. The third-order valence-corrected chi connectivity index (χ3v) is 6.72. The zero-order valence-corrected chi connectivity index (χ0v) is 14.2. The molecule has 2 nitrogen and oxygen atoms in total. The summed E-state index contributed by atoms with van der Waals surface area (Å²) < 4.78 is 25.3. The second-order valence-corrected chi connectivity index (χ2v) is 8.04. The van der Waals surface area contributed by atoms with Crippen molar-refractivity contribution in [2.45, 2.75) is 43.9 Å². The van der Waals surface area contributed by atoms with Gasteiger partial charge in [0.25, 0.3) is 0 Å². The molecule has 0 spiro atoms. The van der Waals surface area contributed by atoms with Crippen molar-refractivity contribution in [3.8, 4) is 0 Å². The number of rotatable bonds is 4. The molecule has 4 heteroatoms. The van der Waals surface area contributed by atoms with E-state index < -0.39 is 9.84 Å². The van der Waals surface area contributed by atoms with E-state index in [2.05, 4.69) is 15.9 Å². The fraction of sp³-hybridized carbons (Fsp3) is 0.500. The highest BCUT2D eigenvalue weighted by atomic mass is 79.9. The monoisotopic (exact) mass is 356 g/mol. The standard InChI is InChI=1S/C16H21BrO2S/c1-13-7-9-15(10-8-13)20(18,19)16(12-17)11-14-5-3-2-4-6-14/h7-11,14H,2-6,12H2,1H3/b16-11+. The van der Waals surface area contributed by atoms with Gasteiger partial charge in [-0.25, -0.2) is 8.42 Å². The lowest BCUT2D eigenvalue weighted by Gasteiger charge is -2.19. The molecule has 0 saturated heterocycles. The Kier molecular flexibility index (Phi) is 5.44. The van der Waals surface area contributed by atoms with Crippen LogP contribution in [0.3, 0.4) is 0 Å². The lowest BCUT2D eigenvalue weighted by Crippen LogP contribution is -2.10. The van der Waals surface area contributed by atoms with E-state index in [0.717, 1.165) is 18.4 Å². The summed E-state index contributed by atoms with van der Waals surface area (Å²) in [6.45, 7) is 1.96. The van der Waals surface area contributed by atoms with Gasteiger partial charge >= 0.3 is 0 Å². The van der Waals surface area contributed by atoms with Crippen LogP contribution in [0.2, 0.25) is 0 Å². The molecule has 0 amide bonds. The van der Waals surface area contributed by atoms with Gasteiger partial charge in [0.1, 0.15) is 0 Å². The Morgan fingerprint density at radius 3 is 2.35 bits per heavy atom. The van der Waals surface area contributed by atoms with Crippen LogP contribution in [0.1, 0.15) is 37.7 Å². The fourth-order valence-corrected chi connectivity index (χ4v) is 5.04. The second-order valence-electron chi connectivity index (χ2n) is 5.48. The Labute approximate surface area is 130 Å². The largest absolute Gasteiger partial charge is 0.219 e. The van der Waals surface area contributed by atoms with Crippen LogP contribution in [-0.4, -0.2) is 13.7 Å². The molecular weight excluding hydrogens is 336 g/mol. The molecule has 1 aliphatic carbocycles. The van der Waals surface area contributed by atoms with Crippen LogP contribution in [0.15, 0.2) is 40.1 Å². The Hall–Kier alpha value is -0.610. The van der Waals surface area contributed by atoms with Gasteiger partial charge in [0.15, 0.2) is 0 Å². The normalized spacial score (nSPS) is 18.2. The van der Waals surface area contributed by atoms with Gasteiger partial charge in [-0.05, 0) is 37.8 Å². The SMILES string of the molecule is Cc1ccc(S(=O)(=O)/C(=C/C2CCCCC2)CBr)cc1. The topological polar surface area (TPSA) is 34.1 Å². The van der Waals surface area contributed by atoms with Crippen LogP contribution in [0.4, 0.5) is 0 Å². The van der Waals surface area contributed by atoms with E-state index in [1.54, 1.807) is 12.1 Å². The van der Waals surface area contributed by atoms with E-state index in [1.807, 2.05) is 25.1 Å². The molecule has 0 aromatic heterocycles. The van der Waals surface area contributed by atoms with Gasteiger partial charge in [-0.1, -0.05) is 59.0 Å². The van der Waals surface area contributed by atoms with E-state index >= 15 is 0 Å². The first kappa shape index (κ1) is 15.8. The number of benzene rings is 1. The minimum Gasteiger partial charge on any atom is -0.219 e. The highest BCUT2D eigenvalue weighted by molar-refractivity contribution is 9.09. The third kappa shape index (κ3) is 3.73. The number of hydrogen-bond acceptors (Lipinski definition) is 2. The molecule has 1 aliphatic rings. The zero-order chi connectivity index (χ0) is 14.6. The lowest BCUT2D eigenvalue weighted by molar-refractivity contribution is 0.418. The summed E-state index contributed by atoms with van der Waals surface area (Å²) in [4.78, 5) is 0.901. The zero-order valence-electron chi connectivity index (χ0n) is 11.8. The average molecular weight is 357 g/mol. The van der Waals surface area contributed by atoms with E-state index in [4.69, 9.17) is 0 Å². The van der Waals surface area contributed by atoms with Crippen molar-refractivity contribution >= 4 is 25.8 Å². The van der Waals surface area contributed by atoms with Crippen LogP contribution in [0.25, 0.3) is 0 Å². The molecule has 20 heavy (non-hydrogen) atoms. The minimum atomic E-state index is -3.35. The molecule has 0 unspecified atom stereocenters. The maximum Gasteiger partial charge on any atom is 0.203 e. The number of allylic oxidation sites excluding steroid dienone is 2. The number of alkyl halides is 1. The number of halogens is 1. The minimum absolute atomic E-state index is 0.389. The van der Waals surface area contributed by atoms with Crippen molar-refractivity contribution < 1.29 is 8.42 Å². The van der Waals surface area contributed by atoms with Gasteiger partial charge in [0.05, 0.1) is 9.80 Å². The van der Waals surface area contributed by atoms with Gasteiger partial charge < -0.3 is 0 Å². The summed E-state index contributed by atoms with van der Waals surface area (Å²) in [6.07, 6.45) is 7.89. The van der Waals surface area contributed by atoms with Crippen LogP contribution >= 0.6 is 15.9 Å². The number of hydrogen-bond donors (Lipinski definition) is 0. The Balaban J connectivity index is 2.29. The first-order valence-electron chi connectivity index (χ1n) is 7.12. The Bertz CT molecular complexity index is 567. The molecule has 0 N–H and O–H groups in total. The van der Waals surface area contributed by atoms with Crippen molar-refractivity contribution in [2.75, 3.05) is 5.33 Å². The number of sulfone groups is 1. The Morgan fingerprint density at radius 1 is 1.20 bits per heavy atom. The summed E-state index contributed by atoms with van der Waals surface area (Å²) in [6, 6.07) is 7.09. The van der Waals surface area contributed by atoms with Gasteiger partial charge in [-0.3, -0.25) is 0 Å². The van der Waals surface area contributed by atoms with Crippen molar-refractivity contribution in [3.63, 3.8) is 0 Å². The van der Waals surface area contributed by atoms with E-state index in [9.17, 15) is 8.42 Å². The van der Waals surface area contributed by atoms with E-state index in [-0.39, 0.29) is 0 Å². The third-order valence-electron chi connectivity index (χ3n) is 3.88. The predicted octanol–water partition coefficient (Wildman–Crippen LogP) is 4.63. The molecule has 2 rings (SSSR count). The van der Waals surface area contributed by atoms with Crippen molar-refractivity contribution in [1.82, 2.24) is 0 Å². The van der Waals surface area contributed by atoms with Gasteiger partial charge in [-0.15, -0.1) is 0 Å². The highest BCUT2D eigenvalue weighted by Crippen LogP contribution is 2.29. The summed E-state index contributed by atoms with van der Waals surface area (Å²) in [5.41, 5.74) is 1.07. The molecule has 110 valence electrons. The lowest BCUT2D eigenvalue weighted by atomic mass is 9.89. The highest BCUT2D eigenvalue weighted by Gasteiger charge is 2.22. The summed E-state index contributed by atoms with van der Waals surface area (Å²) >= 11 is 3.34. The van der Waals surface area contributed by atoms with Crippen molar-refractivity contribution in [1.29, 1.82) is 0 Å². The molecule has 1 saturated carbocycles. The molecular formula is C16H21BrO2S. The summed E-state index contributed by atoms with van der Waals surface area (Å²) in [5, 5.41) is 0.389. The molecule has 0 atom stereocenters. The molecule has 1 aromatic carbocycles. The summed E-state index contributed by atoms with van der Waals surface area (Å²) in [7, 11) is -3.35. The second kappa shape index (κ2) is 6.90. The first-order chi connectivity index (χ1) is 9.54. The molecule has 0 aliphatic heterocycles. The molecule has 0 radical (unpaired) electrons. The van der Waals surface area contributed by atoms with Crippen LogP contribution in [0, 0.1) is 12.8 Å². The van der Waals surface area contributed by atoms with E-state index in [1.165, 1.54) is 19.3 Å². The quantitative estimate of drug-likeness (QED) is 0.737. The van der Waals surface area contributed by atoms with Crippen LogP contribution in [-0.2, 0) is 9.84 Å². The molecule has 0 heterocycles. The van der Waals surface area contributed by atoms with Gasteiger partial charge in [0, 0.05) is 5.33 Å². The van der Waals surface area contributed by atoms with Gasteiger partial charge in [-0.2, -0.15) is 0 Å². The predicted molar refractivity (Wildman–Crippen MR) is 86.8 cm³/mol. The smallest absolute Gasteiger partial charge is 0.203 e. The van der Waals surface area contributed by atoms with Crippen LogP contribution in [0.5, 0.6) is 0 Å². The molecule has 1 fully saturated rings. The van der Waals surface area contributed by atoms with Crippen molar-refractivity contribution in [3.05, 3.63) is 40.8 Å².